The third-order valence-electron chi connectivity index (χ3n) is 1.40. The molecule has 0 bridgehead atoms. The minimum Gasteiger partial charge on any atom is -0.461 e. The lowest BCUT2D eigenvalue weighted by molar-refractivity contribution is 0.141. The van der Waals surface area contributed by atoms with Crippen molar-refractivity contribution >= 4 is 17.2 Å². The summed E-state index contributed by atoms with van der Waals surface area (Å²) >= 11 is 4.76. The Labute approximate surface area is 87.3 Å². The van der Waals surface area contributed by atoms with Crippen LogP contribution < -0.4 is 10.5 Å². The van der Waals surface area contributed by atoms with E-state index < -0.39 is 0 Å². The van der Waals surface area contributed by atoms with Gasteiger partial charge in [-0.1, -0.05) is 12.2 Å². The number of methoxy groups -OCH3 is 1. The Morgan fingerprint density at radius 2 is 2.36 bits per heavy atom. The smallest absolute Gasteiger partial charge is 0.317 e. The molecule has 1 heterocycles. The van der Waals surface area contributed by atoms with Crippen LogP contribution in [0.15, 0.2) is 12.3 Å². The SMILES string of the molecule is COCCOc1nccc(C(N)=S)n1. The highest BCUT2D eigenvalue weighted by Gasteiger charge is 2.01. The Bertz CT molecular complexity index is 319. The number of hydrogen-bond donors (Lipinski definition) is 1. The van der Waals surface area contributed by atoms with Gasteiger partial charge in [0, 0.05) is 13.3 Å². The Morgan fingerprint density at radius 3 is 3.00 bits per heavy atom. The predicted molar refractivity (Wildman–Crippen MR) is 55.3 cm³/mol. The van der Waals surface area contributed by atoms with Crippen molar-refractivity contribution in [2.24, 2.45) is 5.73 Å². The molecule has 0 amide bonds. The van der Waals surface area contributed by atoms with Crippen molar-refractivity contribution in [1.82, 2.24) is 9.97 Å². The number of ether oxygens (including phenoxy) is 2. The van der Waals surface area contributed by atoms with E-state index in [9.17, 15) is 0 Å². The first-order valence-electron chi connectivity index (χ1n) is 3.98. The molecule has 0 saturated carbocycles. The number of thiocarbonyl (C=S) groups is 1. The monoisotopic (exact) mass is 213 g/mol. The van der Waals surface area contributed by atoms with E-state index >= 15 is 0 Å². The van der Waals surface area contributed by atoms with Crippen molar-refractivity contribution in [3.05, 3.63) is 18.0 Å². The molecule has 76 valence electrons. The second kappa shape index (κ2) is 5.46. The molecule has 0 aliphatic heterocycles. The molecule has 0 saturated heterocycles. The lowest BCUT2D eigenvalue weighted by Crippen LogP contribution is -2.13. The summed E-state index contributed by atoms with van der Waals surface area (Å²) in [6.45, 7) is 0.887. The van der Waals surface area contributed by atoms with Gasteiger partial charge in [0.25, 0.3) is 0 Å². The average Bonchev–Trinajstić information content (AvgIpc) is 2.19. The zero-order valence-electron chi connectivity index (χ0n) is 7.77. The maximum absolute atomic E-state index is 5.40. The Kier molecular flexibility index (Phi) is 4.21. The quantitative estimate of drug-likeness (QED) is 0.554. The van der Waals surface area contributed by atoms with Crippen molar-refractivity contribution < 1.29 is 9.47 Å². The van der Waals surface area contributed by atoms with Crippen LogP contribution in [0.1, 0.15) is 5.69 Å². The summed E-state index contributed by atoms with van der Waals surface area (Å²) in [5.74, 6) is 0. The molecule has 0 aliphatic carbocycles. The summed E-state index contributed by atoms with van der Waals surface area (Å²) in [7, 11) is 1.59. The summed E-state index contributed by atoms with van der Waals surface area (Å²) in [6, 6.07) is 1.89. The van der Waals surface area contributed by atoms with Crippen LogP contribution in [0.3, 0.4) is 0 Å². The zero-order chi connectivity index (χ0) is 10.4. The van der Waals surface area contributed by atoms with Gasteiger partial charge in [0.15, 0.2) is 0 Å². The van der Waals surface area contributed by atoms with Crippen molar-refractivity contribution in [2.75, 3.05) is 20.3 Å². The summed E-state index contributed by atoms with van der Waals surface area (Å²) in [5, 5.41) is 0. The van der Waals surface area contributed by atoms with Crippen molar-refractivity contribution in [1.29, 1.82) is 0 Å². The summed E-state index contributed by atoms with van der Waals surface area (Å²) in [4.78, 5) is 8.10. The molecule has 0 fully saturated rings. The number of aromatic nitrogens is 2. The molecule has 5 nitrogen and oxygen atoms in total. The van der Waals surface area contributed by atoms with E-state index in [1.807, 2.05) is 0 Å². The van der Waals surface area contributed by atoms with Crippen LogP contribution in [-0.2, 0) is 4.74 Å². The van der Waals surface area contributed by atoms with Crippen LogP contribution in [-0.4, -0.2) is 35.3 Å². The molecule has 6 heteroatoms. The van der Waals surface area contributed by atoms with E-state index in [0.717, 1.165) is 0 Å². The van der Waals surface area contributed by atoms with Crippen molar-refractivity contribution in [2.45, 2.75) is 0 Å². The molecule has 0 atom stereocenters. The van der Waals surface area contributed by atoms with Gasteiger partial charge in [-0.2, -0.15) is 4.98 Å². The molecule has 0 aromatic carbocycles. The molecule has 1 rings (SSSR count). The Hall–Kier alpha value is -1.27. The van der Waals surface area contributed by atoms with E-state index in [0.29, 0.717) is 18.9 Å². The maximum atomic E-state index is 5.40. The van der Waals surface area contributed by atoms with E-state index in [2.05, 4.69) is 9.97 Å². The molecular formula is C8H11N3O2S. The first-order valence-corrected chi connectivity index (χ1v) is 4.39. The third-order valence-corrected chi connectivity index (χ3v) is 1.61. The van der Waals surface area contributed by atoms with Gasteiger partial charge < -0.3 is 15.2 Å². The topological polar surface area (TPSA) is 70.3 Å². The first kappa shape index (κ1) is 10.8. The van der Waals surface area contributed by atoms with Crippen LogP contribution in [0.4, 0.5) is 0 Å². The van der Waals surface area contributed by atoms with E-state index in [1.165, 1.54) is 0 Å². The van der Waals surface area contributed by atoms with Gasteiger partial charge in [-0.25, -0.2) is 4.98 Å². The fourth-order valence-corrected chi connectivity index (χ4v) is 0.878. The molecule has 0 spiro atoms. The van der Waals surface area contributed by atoms with Gasteiger partial charge in [-0.3, -0.25) is 0 Å². The average molecular weight is 213 g/mol. The van der Waals surface area contributed by atoms with Crippen LogP contribution in [0, 0.1) is 0 Å². The molecule has 0 radical (unpaired) electrons. The number of nitrogens with two attached hydrogens (primary N) is 1. The molecule has 0 unspecified atom stereocenters. The van der Waals surface area contributed by atoms with Gasteiger partial charge in [0.2, 0.25) is 0 Å². The summed E-state index contributed by atoms with van der Waals surface area (Å²) < 4.78 is 9.99. The van der Waals surface area contributed by atoms with E-state index in [-0.39, 0.29) is 11.0 Å². The molecule has 1 aromatic heterocycles. The Morgan fingerprint density at radius 1 is 1.57 bits per heavy atom. The number of nitrogens with zero attached hydrogens (tertiary/aromatic N) is 2. The number of hydrogen-bond acceptors (Lipinski definition) is 5. The van der Waals surface area contributed by atoms with Gasteiger partial charge in [0.05, 0.1) is 6.61 Å². The van der Waals surface area contributed by atoms with Crippen molar-refractivity contribution in [3.63, 3.8) is 0 Å². The highest BCUT2D eigenvalue weighted by atomic mass is 32.1. The number of rotatable bonds is 5. The molecular weight excluding hydrogens is 202 g/mol. The summed E-state index contributed by atoms with van der Waals surface area (Å²) in [5.41, 5.74) is 5.90. The minimum atomic E-state index is 0.226. The van der Waals surface area contributed by atoms with Crippen LogP contribution in [0.25, 0.3) is 0 Å². The highest BCUT2D eigenvalue weighted by molar-refractivity contribution is 7.80. The maximum Gasteiger partial charge on any atom is 0.317 e. The van der Waals surface area contributed by atoms with Crippen LogP contribution in [0.2, 0.25) is 0 Å². The zero-order valence-corrected chi connectivity index (χ0v) is 8.58. The fourth-order valence-electron chi connectivity index (χ4n) is 0.764. The third kappa shape index (κ3) is 3.23. The van der Waals surface area contributed by atoms with E-state index in [4.69, 9.17) is 27.4 Å². The molecule has 1 aromatic rings. The van der Waals surface area contributed by atoms with Gasteiger partial charge in [-0.05, 0) is 6.07 Å². The van der Waals surface area contributed by atoms with Crippen LogP contribution in [0.5, 0.6) is 6.01 Å². The van der Waals surface area contributed by atoms with Gasteiger partial charge in [0.1, 0.15) is 17.3 Å². The Balaban J connectivity index is 2.59. The molecule has 14 heavy (non-hydrogen) atoms. The summed E-state index contributed by atoms with van der Waals surface area (Å²) in [6.07, 6.45) is 1.55. The standard InChI is InChI=1S/C8H11N3O2S/c1-12-4-5-13-8-10-3-2-6(11-8)7(9)14/h2-3H,4-5H2,1H3,(H2,9,14). The van der Waals surface area contributed by atoms with Crippen LogP contribution >= 0.6 is 12.2 Å². The van der Waals surface area contributed by atoms with Crippen molar-refractivity contribution in [3.8, 4) is 6.01 Å². The van der Waals surface area contributed by atoms with Gasteiger partial charge >= 0.3 is 6.01 Å². The molecule has 2 N–H and O–H groups in total. The fraction of sp³-hybridized carbons (Fsp3) is 0.375. The normalized spacial score (nSPS) is 9.79. The molecule has 0 aliphatic rings. The highest BCUT2D eigenvalue weighted by Crippen LogP contribution is 2.02. The second-order valence-electron chi connectivity index (χ2n) is 2.43. The van der Waals surface area contributed by atoms with E-state index in [1.54, 1.807) is 19.4 Å². The largest absolute Gasteiger partial charge is 0.461 e. The lowest BCUT2D eigenvalue weighted by Gasteiger charge is -2.03. The van der Waals surface area contributed by atoms with Gasteiger partial charge in [-0.15, -0.1) is 0 Å². The lowest BCUT2D eigenvalue weighted by atomic mass is 10.4. The minimum absolute atomic E-state index is 0.226. The first-order chi connectivity index (χ1) is 6.74. The second-order valence-corrected chi connectivity index (χ2v) is 2.87. The predicted octanol–water partition coefficient (Wildman–Crippen LogP) is 0.136.